The molecule has 0 aromatic carbocycles. The summed E-state index contributed by atoms with van der Waals surface area (Å²) in [5, 5.41) is 1.69. The van der Waals surface area contributed by atoms with E-state index >= 15 is 0 Å². The van der Waals surface area contributed by atoms with Gasteiger partial charge in [-0.05, 0) is 6.07 Å². The fourth-order valence-electron chi connectivity index (χ4n) is 1.14. The highest BCUT2D eigenvalue weighted by atomic mass is 35.5. The second-order valence-electron chi connectivity index (χ2n) is 2.56. The molecule has 0 aliphatic carbocycles. The summed E-state index contributed by atoms with van der Waals surface area (Å²) in [5.41, 5.74) is 7.24. The van der Waals surface area contributed by atoms with Crippen LogP contribution in [-0.2, 0) is 6.54 Å². The molecular weight excluding hydrogens is 244 g/mol. The number of nitrogens with one attached hydrogen (secondary N) is 1. The topological polar surface area (TPSA) is 54.7 Å². The molecule has 0 saturated heterocycles. The summed E-state index contributed by atoms with van der Waals surface area (Å²) in [6.45, 7) is 0.442. The normalized spacial score (nSPS) is 9.29. The Hall–Kier alpha value is -0.480. The van der Waals surface area contributed by atoms with Gasteiger partial charge in [0.05, 0.1) is 22.4 Å². The first kappa shape index (κ1) is 13.5. The smallest absolute Gasteiger partial charge is 0.0660 e. The summed E-state index contributed by atoms with van der Waals surface area (Å²) >= 11 is 5.90. The van der Waals surface area contributed by atoms with Gasteiger partial charge in [0.25, 0.3) is 0 Å². The lowest BCUT2D eigenvalue weighted by molar-refractivity contribution is 0.997. The van der Waals surface area contributed by atoms with Gasteiger partial charge in [-0.3, -0.25) is 4.98 Å². The van der Waals surface area contributed by atoms with Crippen LogP contribution in [0.1, 0.15) is 5.69 Å². The lowest BCUT2D eigenvalue weighted by atomic mass is 10.2. The number of aromatic nitrogens is 2. The minimum absolute atomic E-state index is 0. The molecule has 2 aromatic heterocycles. The van der Waals surface area contributed by atoms with Gasteiger partial charge in [0, 0.05) is 18.1 Å². The highest BCUT2D eigenvalue weighted by molar-refractivity contribution is 6.35. The number of nitrogens with two attached hydrogens (primary N) is 1. The van der Waals surface area contributed by atoms with Crippen LogP contribution < -0.4 is 5.73 Å². The standard InChI is InChI=1S/C8H8ClN3.2ClH/c9-7-3-12-8-4-11-5(2-10)1-6(7)8;;/h1,3-4,12H,2,10H2;2*1H. The van der Waals surface area contributed by atoms with Crippen molar-refractivity contribution in [1.82, 2.24) is 9.97 Å². The predicted molar refractivity (Wildman–Crippen MR) is 63.5 cm³/mol. The number of pyridine rings is 1. The Morgan fingerprint density at radius 3 is 2.79 bits per heavy atom. The molecule has 14 heavy (non-hydrogen) atoms. The maximum atomic E-state index is 5.90. The van der Waals surface area contributed by atoms with Crippen molar-refractivity contribution in [2.45, 2.75) is 6.54 Å². The van der Waals surface area contributed by atoms with Crippen LogP contribution >= 0.6 is 36.4 Å². The Kier molecular flexibility index (Phi) is 5.23. The summed E-state index contributed by atoms with van der Waals surface area (Å²) in [6, 6.07) is 1.90. The first-order valence-electron chi connectivity index (χ1n) is 3.63. The van der Waals surface area contributed by atoms with Crippen molar-refractivity contribution in [2.24, 2.45) is 5.73 Å². The molecule has 0 amide bonds. The number of halogens is 3. The Morgan fingerprint density at radius 2 is 2.14 bits per heavy atom. The van der Waals surface area contributed by atoms with Gasteiger partial charge >= 0.3 is 0 Å². The third-order valence-electron chi connectivity index (χ3n) is 1.78. The highest BCUT2D eigenvalue weighted by Crippen LogP contribution is 2.22. The zero-order chi connectivity index (χ0) is 8.55. The lowest BCUT2D eigenvalue weighted by Crippen LogP contribution is -1.98. The van der Waals surface area contributed by atoms with Gasteiger partial charge in [-0.15, -0.1) is 24.8 Å². The summed E-state index contributed by atoms with van der Waals surface area (Å²) in [4.78, 5) is 7.13. The Bertz CT molecular complexity index is 413. The van der Waals surface area contributed by atoms with E-state index in [9.17, 15) is 0 Å². The molecule has 0 fully saturated rings. The van der Waals surface area contributed by atoms with Crippen LogP contribution in [0.5, 0.6) is 0 Å². The van der Waals surface area contributed by atoms with Gasteiger partial charge in [0.15, 0.2) is 0 Å². The zero-order valence-corrected chi connectivity index (χ0v) is 9.55. The van der Waals surface area contributed by atoms with Crippen molar-refractivity contribution in [3.63, 3.8) is 0 Å². The average Bonchev–Trinajstić information content (AvgIpc) is 2.47. The molecule has 0 atom stereocenters. The molecule has 3 N–H and O–H groups in total. The molecule has 0 spiro atoms. The number of rotatable bonds is 1. The Balaban J connectivity index is 0.000000845. The second kappa shape index (κ2) is 5.41. The molecule has 2 aromatic rings. The van der Waals surface area contributed by atoms with Crippen LogP contribution in [0.3, 0.4) is 0 Å². The van der Waals surface area contributed by atoms with E-state index in [4.69, 9.17) is 17.3 Å². The van der Waals surface area contributed by atoms with Crippen molar-refractivity contribution < 1.29 is 0 Å². The molecule has 0 bridgehead atoms. The summed E-state index contributed by atoms with van der Waals surface area (Å²) < 4.78 is 0. The van der Waals surface area contributed by atoms with Crippen molar-refractivity contribution in [1.29, 1.82) is 0 Å². The van der Waals surface area contributed by atoms with Crippen molar-refractivity contribution in [3.05, 3.63) is 29.2 Å². The molecule has 78 valence electrons. The van der Waals surface area contributed by atoms with Crippen LogP contribution in [-0.4, -0.2) is 9.97 Å². The third-order valence-corrected chi connectivity index (χ3v) is 2.09. The molecule has 2 rings (SSSR count). The molecule has 0 aliphatic heterocycles. The first-order chi connectivity index (χ1) is 5.81. The van der Waals surface area contributed by atoms with Crippen LogP contribution in [0.2, 0.25) is 5.02 Å². The molecule has 6 heteroatoms. The summed E-state index contributed by atoms with van der Waals surface area (Å²) in [6.07, 6.45) is 3.48. The van der Waals surface area contributed by atoms with Crippen LogP contribution in [0.25, 0.3) is 10.9 Å². The zero-order valence-electron chi connectivity index (χ0n) is 7.16. The Labute approximate surface area is 98.9 Å². The quantitative estimate of drug-likeness (QED) is 0.821. The van der Waals surface area contributed by atoms with Crippen molar-refractivity contribution >= 4 is 47.3 Å². The number of fused-ring (bicyclic) bond motifs is 1. The lowest BCUT2D eigenvalue weighted by Gasteiger charge is -1.95. The molecule has 0 aliphatic rings. The van der Waals surface area contributed by atoms with Gasteiger partial charge in [-0.1, -0.05) is 11.6 Å². The van der Waals surface area contributed by atoms with E-state index in [1.807, 2.05) is 6.07 Å². The number of aromatic amines is 1. The minimum atomic E-state index is 0. The number of hydrogen-bond acceptors (Lipinski definition) is 2. The maximum Gasteiger partial charge on any atom is 0.0660 e. The molecule has 0 unspecified atom stereocenters. The highest BCUT2D eigenvalue weighted by Gasteiger charge is 2.01. The van der Waals surface area contributed by atoms with Crippen LogP contribution in [0.4, 0.5) is 0 Å². The summed E-state index contributed by atoms with van der Waals surface area (Å²) in [7, 11) is 0. The molecule has 2 heterocycles. The van der Waals surface area contributed by atoms with E-state index in [0.29, 0.717) is 11.6 Å². The van der Waals surface area contributed by atoms with Crippen LogP contribution in [0.15, 0.2) is 18.5 Å². The monoisotopic (exact) mass is 253 g/mol. The van der Waals surface area contributed by atoms with Gasteiger partial charge in [-0.2, -0.15) is 0 Å². The second-order valence-corrected chi connectivity index (χ2v) is 2.97. The number of H-pyrrole nitrogens is 1. The van der Waals surface area contributed by atoms with Gasteiger partial charge < -0.3 is 10.7 Å². The fraction of sp³-hybridized carbons (Fsp3) is 0.125. The maximum absolute atomic E-state index is 5.90. The predicted octanol–water partition coefficient (Wildman–Crippen LogP) is 2.52. The molecular formula is C8H10Cl3N3. The van der Waals surface area contributed by atoms with Gasteiger partial charge in [-0.25, -0.2) is 0 Å². The number of nitrogens with zero attached hydrogens (tertiary/aromatic N) is 1. The van der Waals surface area contributed by atoms with E-state index < -0.39 is 0 Å². The van der Waals surface area contributed by atoms with Gasteiger partial charge in [0.1, 0.15) is 0 Å². The Morgan fingerprint density at radius 1 is 1.43 bits per heavy atom. The van der Waals surface area contributed by atoms with Crippen LogP contribution in [0, 0.1) is 0 Å². The van der Waals surface area contributed by atoms with Crippen molar-refractivity contribution in [2.75, 3.05) is 0 Å². The van der Waals surface area contributed by atoms with Crippen molar-refractivity contribution in [3.8, 4) is 0 Å². The summed E-state index contributed by atoms with van der Waals surface area (Å²) in [5.74, 6) is 0. The average molecular weight is 255 g/mol. The van der Waals surface area contributed by atoms with E-state index in [2.05, 4.69) is 9.97 Å². The van der Waals surface area contributed by atoms with E-state index in [-0.39, 0.29) is 24.8 Å². The SMILES string of the molecule is Cl.Cl.NCc1cc2c(Cl)c[nH]c2cn1. The molecule has 0 radical (unpaired) electrons. The molecule has 3 nitrogen and oxygen atoms in total. The third kappa shape index (κ3) is 2.30. The van der Waals surface area contributed by atoms with E-state index in [0.717, 1.165) is 16.6 Å². The minimum Gasteiger partial charge on any atom is -0.358 e. The van der Waals surface area contributed by atoms with E-state index in [1.165, 1.54) is 0 Å². The largest absolute Gasteiger partial charge is 0.358 e. The van der Waals surface area contributed by atoms with Gasteiger partial charge in [0.2, 0.25) is 0 Å². The fourth-order valence-corrected chi connectivity index (χ4v) is 1.35. The van der Waals surface area contributed by atoms with E-state index in [1.54, 1.807) is 12.4 Å². The molecule has 0 saturated carbocycles. The first-order valence-corrected chi connectivity index (χ1v) is 4.00. The number of hydrogen-bond donors (Lipinski definition) is 2.